The van der Waals surface area contributed by atoms with Crippen LogP contribution in [-0.4, -0.2) is 54.1 Å². The van der Waals surface area contributed by atoms with Gasteiger partial charge >= 0.3 is 6.18 Å². The van der Waals surface area contributed by atoms with Gasteiger partial charge in [-0.1, -0.05) is 11.6 Å². The summed E-state index contributed by atoms with van der Waals surface area (Å²) in [5.41, 5.74) is -2.17. The molecule has 0 spiro atoms. The lowest BCUT2D eigenvalue weighted by atomic mass is 9.95. The molecule has 2 rings (SSSR count). The second-order valence-electron chi connectivity index (χ2n) is 8.14. The number of likely N-dealkylation sites (tertiary alicyclic amines) is 1. The van der Waals surface area contributed by atoms with Gasteiger partial charge in [-0.05, 0) is 70.8 Å². The van der Waals surface area contributed by atoms with Gasteiger partial charge in [-0.25, -0.2) is 4.39 Å². The van der Waals surface area contributed by atoms with Crippen molar-refractivity contribution < 1.29 is 27.2 Å². The van der Waals surface area contributed by atoms with Crippen LogP contribution in [0, 0.1) is 11.7 Å². The summed E-state index contributed by atoms with van der Waals surface area (Å²) in [6.45, 7) is 4.86. The SMILES string of the molecule is CC(C(=O)NC(C)(C)C(F)(F)F)N1CCC(CNC(=O)c2cc(F)cc(Cl)c2)CC1. The van der Waals surface area contributed by atoms with Crippen LogP contribution in [0.2, 0.25) is 5.02 Å². The molecule has 1 aliphatic rings. The van der Waals surface area contributed by atoms with Crippen LogP contribution in [0.4, 0.5) is 17.6 Å². The molecule has 10 heteroatoms. The molecular formula is C20H26ClF4N3O2. The molecule has 0 saturated carbocycles. The van der Waals surface area contributed by atoms with Crippen molar-refractivity contribution in [1.82, 2.24) is 15.5 Å². The number of benzene rings is 1. The number of halogens is 5. The van der Waals surface area contributed by atoms with E-state index in [-0.39, 0.29) is 16.5 Å². The van der Waals surface area contributed by atoms with Crippen LogP contribution >= 0.6 is 11.6 Å². The number of rotatable bonds is 6. The number of carbonyl (C=O) groups excluding carboxylic acids is 2. The summed E-state index contributed by atoms with van der Waals surface area (Å²) in [7, 11) is 0. The molecule has 0 aliphatic carbocycles. The maximum absolute atomic E-state index is 13.4. The lowest BCUT2D eigenvalue weighted by molar-refractivity contribution is -0.189. The Morgan fingerprint density at radius 3 is 2.33 bits per heavy atom. The number of piperidine rings is 1. The maximum atomic E-state index is 13.4. The van der Waals surface area contributed by atoms with Crippen molar-refractivity contribution in [2.45, 2.75) is 51.4 Å². The molecule has 168 valence electrons. The number of nitrogens with one attached hydrogen (secondary N) is 2. The molecule has 1 aromatic rings. The molecule has 1 unspecified atom stereocenters. The van der Waals surface area contributed by atoms with E-state index in [1.54, 1.807) is 6.92 Å². The molecule has 1 saturated heterocycles. The Kier molecular flexibility index (Phi) is 7.74. The van der Waals surface area contributed by atoms with Crippen molar-refractivity contribution in [2.75, 3.05) is 19.6 Å². The molecule has 1 heterocycles. The van der Waals surface area contributed by atoms with Crippen LogP contribution in [0.5, 0.6) is 0 Å². The number of hydrogen-bond acceptors (Lipinski definition) is 3. The zero-order valence-electron chi connectivity index (χ0n) is 17.1. The summed E-state index contributed by atoms with van der Waals surface area (Å²) in [4.78, 5) is 26.3. The van der Waals surface area contributed by atoms with Crippen LogP contribution < -0.4 is 10.6 Å². The largest absolute Gasteiger partial charge is 0.410 e. The molecule has 1 atom stereocenters. The molecular weight excluding hydrogens is 426 g/mol. The van der Waals surface area contributed by atoms with Gasteiger partial charge in [0.1, 0.15) is 11.4 Å². The van der Waals surface area contributed by atoms with Crippen molar-refractivity contribution in [3.63, 3.8) is 0 Å². The second-order valence-corrected chi connectivity index (χ2v) is 8.57. The van der Waals surface area contributed by atoms with Gasteiger partial charge in [0.2, 0.25) is 5.91 Å². The Labute approximate surface area is 178 Å². The van der Waals surface area contributed by atoms with E-state index in [1.807, 2.05) is 4.90 Å². The molecule has 0 bridgehead atoms. The molecule has 2 N–H and O–H groups in total. The van der Waals surface area contributed by atoms with E-state index in [4.69, 9.17) is 11.6 Å². The van der Waals surface area contributed by atoms with Gasteiger partial charge in [0, 0.05) is 17.1 Å². The summed E-state index contributed by atoms with van der Waals surface area (Å²) in [5.74, 6) is -1.55. The minimum absolute atomic E-state index is 0.134. The van der Waals surface area contributed by atoms with E-state index in [0.29, 0.717) is 32.5 Å². The monoisotopic (exact) mass is 451 g/mol. The highest BCUT2D eigenvalue weighted by atomic mass is 35.5. The van der Waals surface area contributed by atoms with Crippen molar-refractivity contribution in [3.8, 4) is 0 Å². The first kappa shape index (κ1) is 24.4. The fraction of sp³-hybridized carbons (Fsp3) is 0.600. The van der Waals surface area contributed by atoms with Crippen LogP contribution in [0.1, 0.15) is 44.0 Å². The molecule has 2 amide bonds. The molecule has 5 nitrogen and oxygen atoms in total. The first-order valence-corrected chi connectivity index (χ1v) is 10.0. The lowest BCUT2D eigenvalue weighted by Gasteiger charge is -2.37. The number of nitrogens with zero attached hydrogens (tertiary/aromatic N) is 1. The average molecular weight is 452 g/mol. The Morgan fingerprint density at radius 1 is 1.20 bits per heavy atom. The molecule has 30 heavy (non-hydrogen) atoms. The number of alkyl halides is 3. The number of amides is 2. The maximum Gasteiger partial charge on any atom is 0.410 e. The van der Waals surface area contributed by atoms with Gasteiger partial charge in [-0.3, -0.25) is 14.5 Å². The van der Waals surface area contributed by atoms with Gasteiger partial charge < -0.3 is 10.6 Å². The van der Waals surface area contributed by atoms with Gasteiger partial charge in [0.15, 0.2) is 0 Å². The van der Waals surface area contributed by atoms with Crippen LogP contribution in [0.25, 0.3) is 0 Å². The Balaban J connectivity index is 1.81. The van der Waals surface area contributed by atoms with Crippen LogP contribution in [0.15, 0.2) is 18.2 Å². The van der Waals surface area contributed by atoms with Gasteiger partial charge in [-0.15, -0.1) is 0 Å². The van der Waals surface area contributed by atoms with Crippen molar-refractivity contribution in [1.29, 1.82) is 0 Å². The highest BCUT2D eigenvalue weighted by Gasteiger charge is 2.49. The zero-order valence-corrected chi connectivity index (χ0v) is 17.8. The van der Waals surface area contributed by atoms with E-state index >= 15 is 0 Å². The number of hydrogen-bond donors (Lipinski definition) is 2. The summed E-state index contributed by atoms with van der Waals surface area (Å²) in [6.07, 6.45) is -3.20. The van der Waals surface area contributed by atoms with E-state index in [1.165, 1.54) is 6.07 Å². The quantitative estimate of drug-likeness (QED) is 0.647. The predicted molar refractivity (Wildman–Crippen MR) is 106 cm³/mol. The summed E-state index contributed by atoms with van der Waals surface area (Å²) in [6, 6.07) is 2.90. The first-order valence-electron chi connectivity index (χ1n) is 9.67. The minimum atomic E-state index is -4.54. The summed E-state index contributed by atoms with van der Waals surface area (Å²) < 4.78 is 52.3. The van der Waals surface area contributed by atoms with Crippen molar-refractivity contribution in [2.24, 2.45) is 5.92 Å². The van der Waals surface area contributed by atoms with Gasteiger partial charge in [0.25, 0.3) is 5.91 Å². The van der Waals surface area contributed by atoms with E-state index < -0.39 is 35.4 Å². The minimum Gasteiger partial charge on any atom is -0.352 e. The van der Waals surface area contributed by atoms with Crippen LogP contribution in [0.3, 0.4) is 0 Å². The molecule has 1 aliphatic heterocycles. The topological polar surface area (TPSA) is 61.4 Å². The van der Waals surface area contributed by atoms with Gasteiger partial charge in [-0.2, -0.15) is 13.2 Å². The normalized spacial score (nSPS) is 17.5. The highest BCUT2D eigenvalue weighted by molar-refractivity contribution is 6.31. The third-order valence-electron chi connectivity index (χ3n) is 5.40. The summed E-state index contributed by atoms with van der Waals surface area (Å²) in [5, 5.41) is 4.95. The Hall–Kier alpha value is -1.87. The van der Waals surface area contributed by atoms with E-state index in [0.717, 1.165) is 26.0 Å². The predicted octanol–water partition coefficient (Wildman–Crippen LogP) is 3.77. The van der Waals surface area contributed by atoms with Crippen LogP contribution in [-0.2, 0) is 4.79 Å². The second kappa shape index (κ2) is 9.51. The third kappa shape index (κ3) is 6.31. The molecule has 0 radical (unpaired) electrons. The lowest BCUT2D eigenvalue weighted by Crippen LogP contribution is -2.59. The van der Waals surface area contributed by atoms with Crippen molar-refractivity contribution >= 4 is 23.4 Å². The highest BCUT2D eigenvalue weighted by Crippen LogP contribution is 2.30. The third-order valence-corrected chi connectivity index (χ3v) is 5.61. The smallest absolute Gasteiger partial charge is 0.352 e. The Bertz CT molecular complexity index is 758. The fourth-order valence-electron chi connectivity index (χ4n) is 3.22. The van der Waals surface area contributed by atoms with E-state index in [9.17, 15) is 27.2 Å². The average Bonchev–Trinajstić information content (AvgIpc) is 2.63. The molecule has 1 fully saturated rings. The zero-order chi connectivity index (χ0) is 22.7. The van der Waals surface area contributed by atoms with Crippen molar-refractivity contribution in [3.05, 3.63) is 34.6 Å². The van der Waals surface area contributed by atoms with Gasteiger partial charge in [0.05, 0.1) is 6.04 Å². The Morgan fingerprint density at radius 2 is 1.80 bits per heavy atom. The number of carbonyl (C=O) groups is 2. The van der Waals surface area contributed by atoms with E-state index in [2.05, 4.69) is 10.6 Å². The fourth-order valence-corrected chi connectivity index (χ4v) is 3.44. The standard InChI is InChI=1S/C20H26ClF4N3O2/c1-12(17(29)27-19(2,3)20(23,24)25)28-6-4-13(5-7-28)11-26-18(30)14-8-15(21)10-16(22)9-14/h8-10,12-13H,4-7,11H2,1-3H3,(H,26,30)(H,27,29). The molecule has 1 aromatic carbocycles. The first-order chi connectivity index (χ1) is 13.8. The summed E-state index contributed by atoms with van der Waals surface area (Å²) >= 11 is 5.76. The molecule has 0 aromatic heterocycles.